The molecular weight excluding hydrogens is 196 g/mol. The van der Waals surface area contributed by atoms with E-state index in [2.05, 4.69) is 23.8 Å². The summed E-state index contributed by atoms with van der Waals surface area (Å²) in [5.74, 6) is 2.97. The summed E-state index contributed by atoms with van der Waals surface area (Å²) >= 11 is 0. The van der Waals surface area contributed by atoms with E-state index in [0.29, 0.717) is 0 Å². The summed E-state index contributed by atoms with van der Waals surface area (Å²) in [7, 11) is 2.28. The predicted molar refractivity (Wildman–Crippen MR) is 67.5 cm³/mol. The highest BCUT2D eigenvalue weighted by Gasteiger charge is 2.41. The summed E-state index contributed by atoms with van der Waals surface area (Å²) in [6.07, 6.45) is 5.87. The van der Waals surface area contributed by atoms with Crippen molar-refractivity contribution in [3.05, 3.63) is 0 Å². The van der Waals surface area contributed by atoms with Crippen LogP contribution in [0.4, 0.5) is 0 Å². The lowest BCUT2D eigenvalue weighted by atomic mass is 9.87. The van der Waals surface area contributed by atoms with Gasteiger partial charge in [0, 0.05) is 32.2 Å². The molecule has 2 aliphatic heterocycles. The summed E-state index contributed by atoms with van der Waals surface area (Å²) in [5, 5.41) is 0. The highest BCUT2D eigenvalue weighted by Crippen LogP contribution is 2.35. The Labute approximate surface area is 100.0 Å². The second kappa shape index (κ2) is 4.30. The maximum absolute atomic E-state index is 2.83. The van der Waals surface area contributed by atoms with E-state index in [1.165, 1.54) is 51.9 Å². The Morgan fingerprint density at radius 3 is 1.94 bits per heavy atom. The van der Waals surface area contributed by atoms with Gasteiger partial charge in [-0.3, -0.25) is 4.90 Å². The molecule has 0 N–H and O–H groups in total. The number of hydrogen-bond donors (Lipinski definition) is 0. The lowest BCUT2D eigenvalue weighted by molar-refractivity contribution is 0.153. The van der Waals surface area contributed by atoms with Gasteiger partial charge in [0.25, 0.3) is 0 Å². The van der Waals surface area contributed by atoms with Crippen LogP contribution in [-0.2, 0) is 0 Å². The quantitative estimate of drug-likeness (QED) is 0.670. The van der Waals surface area contributed by atoms with E-state index in [9.17, 15) is 0 Å². The van der Waals surface area contributed by atoms with Gasteiger partial charge < -0.3 is 4.90 Å². The Balaban J connectivity index is 1.55. The van der Waals surface area contributed by atoms with Crippen LogP contribution in [0.3, 0.4) is 0 Å². The molecule has 0 spiro atoms. The number of hydrogen-bond acceptors (Lipinski definition) is 2. The molecule has 3 fully saturated rings. The van der Waals surface area contributed by atoms with E-state index < -0.39 is 0 Å². The molecule has 2 saturated heterocycles. The van der Waals surface area contributed by atoms with Gasteiger partial charge in [0.2, 0.25) is 0 Å². The van der Waals surface area contributed by atoms with Crippen molar-refractivity contribution in [2.45, 2.75) is 38.6 Å². The molecule has 0 aromatic rings. The van der Waals surface area contributed by atoms with Gasteiger partial charge in [-0.15, -0.1) is 0 Å². The van der Waals surface area contributed by atoms with Crippen molar-refractivity contribution in [1.82, 2.24) is 9.80 Å². The Bertz CT molecular complexity index is 231. The van der Waals surface area contributed by atoms with Gasteiger partial charge in [0.05, 0.1) is 0 Å². The molecular formula is C14H26N2. The van der Waals surface area contributed by atoms with Gasteiger partial charge in [0.15, 0.2) is 0 Å². The molecule has 0 radical (unpaired) electrons. The van der Waals surface area contributed by atoms with Crippen molar-refractivity contribution in [2.75, 3.05) is 33.2 Å². The first-order valence-corrected chi connectivity index (χ1v) is 7.15. The van der Waals surface area contributed by atoms with E-state index in [-0.39, 0.29) is 0 Å². The third kappa shape index (κ3) is 2.02. The maximum atomic E-state index is 2.83. The van der Waals surface area contributed by atoms with Crippen molar-refractivity contribution in [3.63, 3.8) is 0 Å². The lowest BCUT2D eigenvalue weighted by Crippen LogP contribution is -2.38. The molecule has 1 saturated carbocycles. The van der Waals surface area contributed by atoms with E-state index >= 15 is 0 Å². The summed E-state index contributed by atoms with van der Waals surface area (Å²) in [5.41, 5.74) is 0. The molecule has 0 aromatic carbocycles. The first kappa shape index (κ1) is 11.0. The molecule has 16 heavy (non-hydrogen) atoms. The fourth-order valence-corrected chi connectivity index (χ4v) is 4.17. The zero-order valence-corrected chi connectivity index (χ0v) is 10.9. The first-order valence-electron chi connectivity index (χ1n) is 7.15. The van der Waals surface area contributed by atoms with Gasteiger partial charge in [-0.25, -0.2) is 0 Å². The molecule has 92 valence electrons. The van der Waals surface area contributed by atoms with Crippen LogP contribution in [0.25, 0.3) is 0 Å². The average molecular weight is 222 g/mol. The monoisotopic (exact) mass is 222 g/mol. The second-order valence-corrected chi connectivity index (χ2v) is 6.61. The zero-order valence-electron chi connectivity index (χ0n) is 10.9. The van der Waals surface area contributed by atoms with Crippen LogP contribution >= 0.6 is 0 Å². The van der Waals surface area contributed by atoms with Crippen molar-refractivity contribution in [2.24, 2.45) is 17.8 Å². The highest BCUT2D eigenvalue weighted by molar-refractivity contribution is 4.94. The number of rotatable bonds is 1. The largest absolute Gasteiger partial charge is 0.306 e. The molecule has 2 unspecified atom stereocenters. The van der Waals surface area contributed by atoms with Crippen LogP contribution in [0.2, 0.25) is 0 Å². The van der Waals surface area contributed by atoms with Crippen LogP contribution in [0.1, 0.15) is 32.6 Å². The third-order valence-corrected chi connectivity index (χ3v) is 5.20. The van der Waals surface area contributed by atoms with E-state index in [0.717, 1.165) is 23.8 Å². The van der Waals surface area contributed by atoms with Gasteiger partial charge in [0.1, 0.15) is 0 Å². The van der Waals surface area contributed by atoms with Gasteiger partial charge in [-0.1, -0.05) is 6.92 Å². The minimum atomic E-state index is 0.937. The molecule has 2 heterocycles. The highest BCUT2D eigenvalue weighted by atomic mass is 15.2. The van der Waals surface area contributed by atoms with Crippen LogP contribution in [0.5, 0.6) is 0 Å². The Kier molecular flexibility index (Phi) is 2.97. The van der Waals surface area contributed by atoms with E-state index in [1.807, 2.05) is 0 Å². The molecule has 3 rings (SSSR count). The van der Waals surface area contributed by atoms with Crippen molar-refractivity contribution >= 4 is 0 Å². The Hall–Kier alpha value is -0.0800. The molecule has 1 aliphatic carbocycles. The summed E-state index contributed by atoms with van der Waals surface area (Å²) in [4.78, 5) is 5.35. The maximum Gasteiger partial charge on any atom is 0.00957 e. The molecule has 2 atom stereocenters. The third-order valence-electron chi connectivity index (χ3n) is 5.20. The Morgan fingerprint density at radius 1 is 0.812 bits per heavy atom. The Morgan fingerprint density at radius 2 is 1.38 bits per heavy atom. The van der Waals surface area contributed by atoms with Crippen molar-refractivity contribution in [3.8, 4) is 0 Å². The number of fused-ring (bicyclic) bond motifs is 1. The molecule has 2 nitrogen and oxygen atoms in total. The molecule has 0 bridgehead atoms. The van der Waals surface area contributed by atoms with Crippen molar-refractivity contribution in [1.29, 1.82) is 0 Å². The fraction of sp³-hybridized carbons (Fsp3) is 1.00. The molecule has 2 heteroatoms. The van der Waals surface area contributed by atoms with Crippen molar-refractivity contribution < 1.29 is 0 Å². The standard InChI is InChI=1S/C14H26N2/c1-11-3-5-14(6-4-11)16-9-12-7-15(2)8-13(12)10-16/h11-14H,3-10H2,1-2H3. The smallest absolute Gasteiger partial charge is 0.00957 e. The van der Waals surface area contributed by atoms with Gasteiger partial charge in [-0.05, 0) is 50.5 Å². The van der Waals surface area contributed by atoms with E-state index in [4.69, 9.17) is 0 Å². The van der Waals surface area contributed by atoms with E-state index in [1.54, 1.807) is 0 Å². The summed E-state index contributed by atoms with van der Waals surface area (Å²) in [6, 6.07) is 0.937. The number of likely N-dealkylation sites (tertiary alicyclic amines) is 2. The van der Waals surface area contributed by atoms with Gasteiger partial charge in [-0.2, -0.15) is 0 Å². The molecule has 0 amide bonds. The average Bonchev–Trinajstić information content (AvgIpc) is 2.75. The van der Waals surface area contributed by atoms with Crippen LogP contribution in [0, 0.1) is 17.8 Å². The lowest BCUT2D eigenvalue weighted by Gasteiger charge is -2.34. The minimum absolute atomic E-state index is 0.937. The summed E-state index contributed by atoms with van der Waals surface area (Å²) in [6.45, 7) is 7.92. The normalized spacial score (nSPS) is 46.1. The second-order valence-electron chi connectivity index (χ2n) is 6.61. The topological polar surface area (TPSA) is 6.48 Å². The number of nitrogens with zero attached hydrogens (tertiary/aromatic N) is 2. The van der Waals surface area contributed by atoms with Crippen LogP contribution in [-0.4, -0.2) is 49.1 Å². The van der Waals surface area contributed by atoms with Crippen LogP contribution in [0.15, 0.2) is 0 Å². The van der Waals surface area contributed by atoms with Gasteiger partial charge >= 0.3 is 0 Å². The molecule has 0 aromatic heterocycles. The fourth-order valence-electron chi connectivity index (χ4n) is 4.17. The first-order chi connectivity index (χ1) is 7.72. The predicted octanol–water partition coefficient (Wildman–Crippen LogP) is 2.06. The SMILES string of the molecule is CC1CCC(N2CC3CN(C)CC3C2)CC1. The minimum Gasteiger partial charge on any atom is -0.306 e. The zero-order chi connectivity index (χ0) is 11.1. The van der Waals surface area contributed by atoms with Crippen LogP contribution < -0.4 is 0 Å². The molecule has 3 aliphatic rings. The summed E-state index contributed by atoms with van der Waals surface area (Å²) < 4.78 is 0.